The Kier molecular flexibility index (Phi) is 3.11. The van der Waals surface area contributed by atoms with Gasteiger partial charge in [-0.3, -0.25) is 14.4 Å². The number of fused-ring (bicyclic) bond motifs is 16. The normalized spacial score (nSPS) is 13.5. The van der Waals surface area contributed by atoms with Gasteiger partial charge in [-0.15, -0.1) is 0 Å². The SMILES string of the molecule is c1ccc2c(c1)Cc1c-2ccc2c1-c1ccc3c(nc4c5ncccc5c5ccncc5n34)c1C2. The van der Waals surface area contributed by atoms with E-state index in [4.69, 9.17) is 9.97 Å². The summed E-state index contributed by atoms with van der Waals surface area (Å²) in [6.45, 7) is 0. The van der Waals surface area contributed by atoms with Crippen LogP contribution in [-0.4, -0.2) is 19.4 Å². The highest BCUT2D eigenvalue weighted by Crippen LogP contribution is 2.49. The summed E-state index contributed by atoms with van der Waals surface area (Å²) >= 11 is 0. The number of nitrogens with zero attached hydrogens (tertiary/aromatic N) is 4. The van der Waals surface area contributed by atoms with Crippen LogP contribution in [0.1, 0.15) is 22.3 Å². The average molecular weight is 447 g/mol. The minimum Gasteiger partial charge on any atom is -0.289 e. The molecular weight excluding hydrogens is 428 g/mol. The minimum absolute atomic E-state index is 0.901. The summed E-state index contributed by atoms with van der Waals surface area (Å²) in [5.74, 6) is 0. The fraction of sp³-hybridized carbons (Fsp3) is 0.0645. The maximum absolute atomic E-state index is 5.25. The van der Waals surface area contributed by atoms with E-state index in [-0.39, 0.29) is 0 Å². The Balaban J connectivity index is 1.39. The van der Waals surface area contributed by atoms with Gasteiger partial charge >= 0.3 is 0 Å². The number of benzene rings is 3. The Morgan fingerprint density at radius 2 is 1.54 bits per heavy atom. The lowest BCUT2D eigenvalue weighted by Crippen LogP contribution is -1.93. The van der Waals surface area contributed by atoms with E-state index >= 15 is 0 Å². The van der Waals surface area contributed by atoms with E-state index in [0.29, 0.717) is 0 Å². The number of rotatable bonds is 0. The summed E-state index contributed by atoms with van der Waals surface area (Å²) in [5.41, 5.74) is 16.2. The van der Waals surface area contributed by atoms with E-state index in [1.807, 2.05) is 24.7 Å². The third-order valence-electron chi connectivity index (χ3n) is 7.99. The summed E-state index contributed by atoms with van der Waals surface area (Å²) < 4.78 is 2.25. The average Bonchev–Trinajstić information content (AvgIpc) is 3.59. The summed E-state index contributed by atoms with van der Waals surface area (Å²) in [5, 5.41) is 2.26. The highest BCUT2D eigenvalue weighted by atomic mass is 15.0. The number of hydrogen-bond acceptors (Lipinski definition) is 3. The quantitative estimate of drug-likeness (QED) is 0.243. The van der Waals surface area contributed by atoms with E-state index in [2.05, 4.69) is 70.0 Å². The van der Waals surface area contributed by atoms with Gasteiger partial charge in [-0.2, -0.15) is 0 Å². The van der Waals surface area contributed by atoms with Gasteiger partial charge in [-0.05, 0) is 69.1 Å². The molecule has 7 aromatic rings. The third kappa shape index (κ3) is 2.11. The van der Waals surface area contributed by atoms with Gasteiger partial charge in [0.25, 0.3) is 0 Å². The Bertz CT molecular complexity index is 2070. The lowest BCUT2D eigenvalue weighted by molar-refractivity contribution is 1.24. The van der Waals surface area contributed by atoms with Crippen molar-refractivity contribution >= 4 is 38.5 Å². The first-order chi connectivity index (χ1) is 17.4. The fourth-order valence-corrected chi connectivity index (χ4v) is 6.54. The predicted molar refractivity (Wildman–Crippen MR) is 140 cm³/mol. The topological polar surface area (TPSA) is 43.1 Å². The molecule has 162 valence electrons. The molecule has 0 spiro atoms. The van der Waals surface area contributed by atoms with E-state index in [0.717, 1.165) is 51.3 Å². The summed E-state index contributed by atoms with van der Waals surface area (Å²) in [4.78, 5) is 14.5. The molecule has 2 aliphatic rings. The molecule has 0 saturated heterocycles. The zero-order valence-corrected chi connectivity index (χ0v) is 18.8. The maximum atomic E-state index is 5.25. The molecule has 0 fully saturated rings. The van der Waals surface area contributed by atoms with E-state index in [1.54, 1.807) is 0 Å². The van der Waals surface area contributed by atoms with Crippen molar-refractivity contribution in [1.29, 1.82) is 0 Å². The predicted octanol–water partition coefficient (Wildman–Crippen LogP) is 6.73. The molecule has 35 heavy (non-hydrogen) atoms. The zero-order chi connectivity index (χ0) is 22.7. The fourth-order valence-electron chi connectivity index (χ4n) is 6.54. The van der Waals surface area contributed by atoms with Crippen molar-refractivity contribution in [1.82, 2.24) is 19.4 Å². The second-order valence-electron chi connectivity index (χ2n) is 9.66. The van der Waals surface area contributed by atoms with Crippen molar-refractivity contribution < 1.29 is 0 Å². The van der Waals surface area contributed by atoms with Gasteiger partial charge in [-0.1, -0.05) is 48.5 Å². The number of pyridine rings is 3. The van der Waals surface area contributed by atoms with Crippen LogP contribution in [0, 0.1) is 0 Å². The molecule has 0 bridgehead atoms. The van der Waals surface area contributed by atoms with Gasteiger partial charge in [0.1, 0.15) is 5.52 Å². The van der Waals surface area contributed by atoms with Gasteiger partial charge < -0.3 is 0 Å². The van der Waals surface area contributed by atoms with Crippen molar-refractivity contribution in [2.45, 2.75) is 12.8 Å². The Labute approximate surface area is 200 Å². The minimum atomic E-state index is 0.901. The first-order valence-electron chi connectivity index (χ1n) is 12.0. The molecule has 3 aromatic carbocycles. The van der Waals surface area contributed by atoms with Crippen LogP contribution in [0.3, 0.4) is 0 Å². The standard InChI is InChI=1S/C31H18N4/c1-2-5-19-17(4-1)14-24-20(19)8-7-18-15-25-22(28(18)24)9-10-26-29(25)34-31-30-23(6-3-12-33-30)21-11-13-32-16-27(21)35(26)31/h1-13,16H,14-15H2. The smallest absolute Gasteiger partial charge is 0.165 e. The van der Waals surface area contributed by atoms with Crippen LogP contribution in [0.15, 0.2) is 85.3 Å². The Morgan fingerprint density at radius 3 is 2.54 bits per heavy atom. The molecule has 0 saturated carbocycles. The van der Waals surface area contributed by atoms with Crippen LogP contribution < -0.4 is 0 Å². The van der Waals surface area contributed by atoms with Gasteiger partial charge in [0, 0.05) is 29.6 Å². The van der Waals surface area contributed by atoms with Crippen molar-refractivity contribution in [2.75, 3.05) is 0 Å². The lowest BCUT2D eigenvalue weighted by Gasteiger charge is -2.09. The molecule has 4 heteroatoms. The van der Waals surface area contributed by atoms with Crippen molar-refractivity contribution in [3.63, 3.8) is 0 Å². The van der Waals surface area contributed by atoms with E-state index in [9.17, 15) is 0 Å². The Morgan fingerprint density at radius 1 is 0.629 bits per heavy atom. The molecule has 0 unspecified atom stereocenters. The number of imidazole rings is 1. The van der Waals surface area contributed by atoms with Crippen molar-refractivity contribution in [3.8, 4) is 22.3 Å². The van der Waals surface area contributed by atoms with Crippen LogP contribution in [0.25, 0.3) is 60.7 Å². The van der Waals surface area contributed by atoms with Crippen LogP contribution in [-0.2, 0) is 12.8 Å². The monoisotopic (exact) mass is 446 g/mol. The first-order valence-corrected chi connectivity index (χ1v) is 12.0. The van der Waals surface area contributed by atoms with Crippen molar-refractivity contribution in [2.24, 2.45) is 0 Å². The van der Waals surface area contributed by atoms with Gasteiger partial charge in [0.05, 0.1) is 22.7 Å². The Hall–Kier alpha value is -4.57. The van der Waals surface area contributed by atoms with Gasteiger partial charge in [0.15, 0.2) is 5.65 Å². The lowest BCUT2D eigenvalue weighted by atomic mass is 9.95. The highest BCUT2D eigenvalue weighted by molar-refractivity contribution is 6.12. The molecule has 0 N–H and O–H groups in total. The summed E-state index contributed by atoms with van der Waals surface area (Å²) in [7, 11) is 0. The van der Waals surface area contributed by atoms with Crippen molar-refractivity contribution in [3.05, 3.63) is 108 Å². The summed E-state index contributed by atoms with van der Waals surface area (Å²) in [6.07, 6.45) is 7.57. The second kappa shape index (κ2) is 6.10. The summed E-state index contributed by atoms with van der Waals surface area (Å²) in [6, 6.07) is 24.2. The maximum Gasteiger partial charge on any atom is 0.165 e. The second-order valence-corrected chi connectivity index (χ2v) is 9.66. The molecule has 0 aliphatic heterocycles. The largest absolute Gasteiger partial charge is 0.289 e. The van der Waals surface area contributed by atoms with Crippen LogP contribution in [0.4, 0.5) is 0 Å². The molecule has 4 heterocycles. The van der Waals surface area contributed by atoms with Crippen LogP contribution in [0.2, 0.25) is 0 Å². The molecule has 0 amide bonds. The molecule has 4 nitrogen and oxygen atoms in total. The van der Waals surface area contributed by atoms with E-state index in [1.165, 1.54) is 44.5 Å². The van der Waals surface area contributed by atoms with Gasteiger partial charge in [-0.25, -0.2) is 4.98 Å². The number of hydrogen-bond donors (Lipinski definition) is 0. The third-order valence-corrected chi connectivity index (χ3v) is 7.99. The van der Waals surface area contributed by atoms with Crippen LogP contribution >= 0.6 is 0 Å². The molecule has 9 rings (SSSR count). The molecule has 0 atom stereocenters. The molecular formula is C31H18N4. The van der Waals surface area contributed by atoms with Gasteiger partial charge in [0.2, 0.25) is 0 Å². The molecule has 4 aromatic heterocycles. The molecule has 2 aliphatic carbocycles. The van der Waals surface area contributed by atoms with E-state index < -0.39 is 0 Å². The first kappa shape index (κ1) is 17.8. The van der Waals surface area contributed by atoms with Crippen LogP contribution in [0.5, 0.6) is 0 Å². The highest BCUT2D eigenvalue weighted by Gasteiger charge is 2.30. The zero-order valence-electron chi connectivity index (χ0n) is 18.8. The molecule has 0 radical (unpaired) electrons. The number of aromatic nitrogens is 4.